The summed E-state index contributed by atoms with van der Waals surface area (Å²) in [6, 6.07) is 9.09. The topological polar surface area (TPSA) is 53.1 Å². The number of hydrogen-bond donors (Lipinski definition) is 2. The van der Waals surface area contributed by atoms with Crippen molar-refractivity contribution in [2.45, 2.75) is 41.5 Å². The van der Waals surface area contributed by atoms with Crippen molar-refractivity contribution in [2.24, 2.45) is 0 Å². The summed E-state index contributed by atoms with van der Waals surface area (Å²) < 4.78 is 0. The Kier molecular flexibility index (Phi) is 12.1. The molecule has 3 nitrogen and oxygen atoms in total. The molecule has 2 N–H and O–H groups in total. The Morgan fingerprint density at radius 3 is 1.94 bits per heavy atom. The zero-order valence-corrected chi connectivity index (χ0v) is 12.2. The van der Waals surface area contributed by atoms with Gasteiger partial charge in [-0.05, 0) is 12.1 Å². The molecule has 2 rings (SSSR count). The van der Waals surface area contributed by atoms with E-state index in [1.54, 1.807) is 6.07 Å². The molecule has 18 heavy (non-hydrogen) atoms. The van der Waals surface area contributed by atoms with Gasteiger partial charge in [-0.3, -0.25) is 0 Å². The van der Waals surface area contributed by atoms with Crippen LogP contribution in [0.4, 0.5) is 0 Å². The highest BCUT2D eigenvalue weighted by molar-refractivity contribution is 5.93. The highest BCUT2D eigenvalue weighted by atomic mass is 16.4. The largest absolute Gasteiger partial charge is 0.477 e. The normalized spacial score (nSPS) is 7.89. The number of aromatic amines is 1. The van der Waals surface area contributed by atoms with Crippen LogP contribution in [0.15, 0.2) is 30.3 Å². The van der Waals surface area contributed by atoms with E-state index in [4.69, 9.17) is 5.11 Å². The molecule has 0 aliphatic heterocycles. The Morgan fingerprint density at radius 2 is 1.50 bits per heavy atom. The Balaban J connectivity index is 0. The quantitative estimate of drug-likeness (QED) is 0.753. The number of H-pyrrole nitrogens is 1. The zero-order chi connectivity index (χ0) is 14.6. The van der Waals surface area contributed by atoms with Crippen molar-refractivity contribution < 1.29 is 9.90 Å². The van der Waals surface area contributed by atoms with Crippen LogP contribution in [0.1, 0.15) is 52.0 Å². The van der Waals surface area contributed by atoms with Crippen molar-refractivity contribution in [3.8, 4) is 0 Å². The molecular formula is C15H25NO2. The number of carboxylic acid groups (broad SMARTS) is 1. The van der Waals surface area contributed by atoms with Gasteiger partial charge < -0.3 is 10.1 Å². The van der Waals surface area contributed by atoms with Gasteiger partial charge in [-0.15, -0.1) is 0 Å². The standard InChI is InChI=1S/C9H7NO2.3C2H6/c11-9(12)8-5-6-3-1-2-4-7(6)10-8;3*1-2/h1-5,10H,(H,11,12);3*1-2H3. The van der Waals surface area contributed by atoms with Gasteiger partial charge in [0.1, 0.15) is 5.69 Å². The van der Waals surface area contributed by atoms with Crippen LogP contribution in [0.2, 0.25) is 0 Å². The van der Waals surface area contributed by atoms with Crippen molar-refractivity contribution in [1.29, 1.82) is 0 Å². The second-order valence-electron chi connectivity index (χ2n) is 2.58. The van der Waals surface area contributed by atoms with E-state index in [0.717, 1.165) is 10.9 Å². The van der Waals surface area contributed by atoms with Gasteiger partial charge in [0.05, 0.1) is 0 Å². The Bertz CT molecular complexity index is 400. The van der Waals surface area contributed by atoms with E-state index in [1.165, 1.54) is 0 Å². The van der Waals surface area contributed by atoms with Gasteiger partial charge in [0.25, 0.3) is 0 Å². The molecule has 0 bridgehead atoms. The average molecular weight is 251 g/mol. The predicted molar refractivity (Wildman–Crippen MR) is 79.3 cm³/mol. The van der Waals surface area contributed by atoms with Gasteiger partial charge in [-0.1, -0.05) is 59.7 Å². The van der Waals surface area contributed by atoms with Gasteiger partial charge in [0.15, 0.2) is 0 Å². The minimum absolute atomic E-state index is 0.233. The molecule has 2 aromatic rings. The second kappa shape index (κ2) is 11.7. The molecule has 0 atom stereocenters. The summed E-state index contributed by atoms with van der Waals surface area (Å²) in [6.45, 7) is 12.0. The van der Waals surface area contributed by atoms with Crippen molar-refractivity contribution in [3.05, 3.63) is 36.0 Å². The number of carboxylic acids is 1. The fourth-order valence-corrected chi connectivity index (χ4v) is 1.19. The summed E-state index contributed by atoms with van der Waals surface area (Å²) in [4.78, 5) is 13.3. The number of benzene rings is 1. The van der Waals surface area contributed by atoms with Crippen LogP contribution in [0.3, 0.4) is 0 Å². The zero-order valence-electron chi connectivity index (χ0n) is 12.2. The van der Waals surface area contributed by atoms with E-state index < -0.39 is 5.97 Å². The lowest BCUT2D eigenvalue weighted by Crippen LogP contribution is -1.94. The van der Waals surface area contributed by atoms with E-state index in [0.29, 0.717) is 0 Å². The smallest absolute Gasteiger partial charge is 0.352 e. The highest BCUT2D eigenvalue weighted by Gasteiger charge is 2.05. The molecule has 0 fully saturated rings. The number of rotatable bonds is 1. The number of para-hydroxylation sites is 1. The third kappa shape index (κ3) is 5.53. The summed E-state index contributed by atoms with van der Waals surface area (Å²) in [5, 5.41) is 9.58. The maximum atomic E-state index is 10.5. The Morgan fingerprint density at radius 1 is 1.00 bits per heavy atom. The first-order valence-electron chi connectivity index (χ1n) is 6.58. The number of hydrogen-bond acceptors (Lipinski definition) is 1. The first-order chi connectivity index (χ1) is 8.77. The summed E-state index contributed by atoms with van der Waals surface area (Å²) in [5.74, 6) is -0.925. The van der Waals surface area contributed by atoms with Crippen molar-refractivity contribution in [3.63, 3.8) is 0 Å². The SMILES string of the molecule is CC.CC.CC.O=C(O)c1cc2ccccc2[nH]1. The van der Waals surface area contributed by atoms with Crippen LogP contribution in [0.25, 0.3) is 10.9 Å². The first kappa shape index (κ1) is 18.6. The molecule has 1 aromatic heterocycles. The van der Waals surface area contributed by atoms with E-state index in [-0.39, 0.29) is 5.69 Å². The minimum Gasteiger partial charge on any atom is -0.477 e. The molecule has 1 aromatic carbocycles. The molecule has 0 aliphatic rings. The van der Waals surface area contributed by atoms with Crippen molar-refractivity contribution in [2.75, 3.05) is 0 Å². The van der Waals surface area contributed by atoms with Crippen molar-refractivity contribution in [1.82, 2.24) is 4.98 Å². The molecule has 0 unspecified atom stereocenters. The third-order valence-corrected chi connectivity index (χ3v) is 1.76. The van der Waals surface area contributed by atoms with Crippen LogP contribution in [-0.2, 0) is 0 Å². The lowest BCUT2D eigenvalue weighted by atomic mass is 10.2. The maximum Gasteiger partial charge on any atom is 0.352 e. The van der Waals surface area contributed by atoms with Gasteiger partial charge in [0.2, 0.25) is 0 Å². The van der Waals surface area contributed by atoms with E-state index in [2.05, 4.69) is 4.98 Å². The fourth-order valence-electron chi connectivity index (χ4n) is 1.19. The van der Waals surface area contributed by atoms with Crippen LogP contribution >= 0.6 is 0 Å². The minimum atomic E-state index is -0.925. The monoisotopic (exact) mass is 251 g/mol. The lowest BCUT2D eigenvalue weighted by Gasteiger charge is -1.84. The lowest BCUT2D eigenvalue weighted by molar-refractivity contribution is 0.0691. The number of aromatic nitrogens is 1. The Hall–Kier alpha value is -1.77. The average Bonchev–Trinajstić information content (AvgIpc) is 2.90. The molecular weight excluding hydrogens is 226 g/mol. The molecule has 0 aliphatic carbocycles. The molecule has 0 spiro atoms. The van der Waals surface area contributed by atoms with Crippen LogP contribution in [-0.4, -0.2) is 16.1 Å². The van der Waals surface area contributed by atoms with Gasteiger partial charge in [0, 0.05) is 10.9 Å². The Labute approximate surface area is 110 Å². The summed E-state index contributed by atoms with van der Waals surface area (Å²) in [6.07, 6.45) is 0. The summed E-state index contributed by atoms with van der Waals surface area (Å²) in [5.41, 5.74) is 1.09. The third-order valence-electron chi connectivity index (χ3n) is 1.76. The highest BCUT2D eigenvalue weighted by Crippen LogP contribution is 2.13. The molecule has 0 saturated carbocycles. The molecule has 0 saturated heterocycles. The van der Waals surface area contributed by atoms with Crippen LogP contribution < -0.4 is 0 Å². The van der Waals surface area contributed by atoms with E-state index in [1.807, 2.05) is 65.8 Å². The molecule has 102 valence electrons. The maximum absolute atomic E-state index is 10.5. The van der Waals surface area contributed by atoms with Crippen LogP contribution in [0.5, 0.6) is 0 Å². The molecule has 1 heterocycles. The molecule has 0 amide bonds. The number of carbonyl (C=O) groups is 1. The first-order valence-corrected chi connectivity index (χ1v) is 6.58. The molecule has 3 heteroatoms. The van der Waals surface area contributed by atoms with E-state index >= 15 is 0 Å². The van der Waals surface area contributed by atoms with Crippen molar-refractivity contribution >= 4 is 16.9 Å². The second-order valence-corrected chi connectivity index (χ2v) is 2.58. The van der Waals surface area contributed by atoms with Gasteiger partial charge in [-0.25, -0.2) is 4.79 Å². The van der Waals surface area contributed by atoms with E-state index in [9.17, 15) is 4.79 Å². The predicted octanol–water partition coefficient (Wildman–Crippen LogP) is 4.94. The number of aromatic carboxylic acids is 1. The summed E-state index contributed by atoms with van der Waals surface area (Å²) >= 11 is 0. The number of nitrogens with one attached hydrogen (secondary N) is 1. The number of fused-ring (bicyclic) bond motifs is 1. The van der Waals surface area contributed by atoms with Gasteiger partial charge >= 0.3 is 5.97 Å². The van der Waals surface area contributed by atoms with Gasteiger partial charge in [-0.2, -0.15) is 0 Å². The fraction of sp³-hybridized carbons (Fsp3) is 0.400. The van der Waals surface area contributed by atoms with Crippen LogP contribution in [0, 0.1) is 0 Å². The summed E-state index contributed by atoms with van der Waals surface area (Å²) in [7, 11) is 0. The molecule has 0 radical (unpaired) electrons.